The third-order valence-corrected chi connectivity index (χ3v) is 11.7. The Labute approximate surface area is 263 Å². The first-order valence-corrected chi connectivity index (χ1v) is 15.4. The van der Waals surface area contributed by atoms with Crippen LogP contribution in [0.4, 0.5) is 33.7 Å². The van der Waals surface area contributed by atoms with Gasteiger partial charge in [0.05, 0.1) is 22.3 Å². The smallest absolute Gasteiger partial charge is 0.390 e. The third-order valence-electron chi connectivity index (χ3n) is 11.7. The van der Waals surface area contributed by atoms with E-state index in [1.807, 2.05) is 20.8 Å². The number of aliphatic hydroxyl groups is 2. The molecule has 1 heterocycles. The van der Waals surface area contributed by atoms with Crippen LogP contribution in [0.25, 0.3) is 0 Å². The molecular weight excluding hydrogens is 614 g/mol. The summed E-state index contributed by atoms with van der Waals surface area (Å²) in [6.07, 6.45) is -0.388. The normalized spacial score (nSPS) is 38.2. The second-order valence-electron chi connectivity index (χ2n) is 14.6. The summed E-state index contributed by atoms with van der Waals surface area (Å²) in [7, 11) is 0. The number of ketones is 1. The summed E-state index contributed by atoms with van der Waals surface area (Å²) >= 11 is 0. The molecule has 4 fully saturated rings. The number of alkyl halides is 4. The van der Waals surface area contributed by atoms with Gasteiger partial charge in [-0.25, -0.2) is 14.1 Å². The minimum absolute atomic E-state index is 0.0865. The summed E-state index contributed by atoms with van der Waals surface area (Å²) in [5.74, 6) is -0.810. The van der Waals surface area contributed by atoms with Crippen LogP contribution in [0.15, 0.2) is 29.8 Å². The molecule has 10 nitrogen and oxygen atoms in total. The highest BCUT2D eigenvalue weighted by molar-refractivity contribution is 6.23. The average molecular weight is 654 g/mol. The van der Waals surface area contributed by atoms with E-state index in [-0.39, 0.29) is 23.3 Å². The lowest BCUT2D eigenvalue weighted by atomic mass is 9.44. The fourth-order valence-corrected chi connectivity index (χ4v) is 8.82. The van der Waals surface area contributed by atoms with Crippen molar-refractivity contribution in [3.05, 3.63) is 45.5 Å². The molecular formula is C32H39F4N3O7. The molecule has 6 rings (SSSR count). The number of allylic oxidation sites excluding steroid dienone is 1. The zero-order chi connectivity index (χ0) is 34.4. The third kappa shape index (κ3) is 4.85. The van der Waals surface area contributed by atoms with Gasteiger partial charge in [-0.2, -0.15) is 13.2 Å². The van der Waals surface area contributed by atoms with Crippen molar-refractivity contribution in [1.29, 1.82) is 0 Å². The zero-order valence-electron chi connectivity index (χ0n) is 26.3. The van der Waals surface area contributed by atoms with Crippen molar-refractivity contribution in [2.24, 2.45) is 22.7 Å². The van der Waals surface area contributed by atoms with E-state index in [0.29, 0.717) is 49.1 Å². The Kier molecular flexibility index (Phi) is 7.80. The number of urea groups is 1. The number of nitro benzene ring substituents is 1. The maximum atomic E-state index is 16.6. The van der Waals surface area contributed by atoms with Gasteiger partial charge in [0.15, 0.2) is 5.78 Å². The summed E-state index contributed by atoms with van der Waals surface area (Å²) in [5, 5.41) is 34.9. The maximum Gasteiger partial charge on any atom is 0.423 e. The first-order valence-electron chi connectivity index (χ1n) is 15.4. The number of nitro groups is 1. The predicted octanol–water partition coefficient (Wildman–Crippen LogP) is 5.78. The van der Waals surface area contributed by atoms with Crippen LogP contribution in [0.2, 0.25) is 0 Å². The van der Waals surface area contributed by atoms with E-state index in [0.717, 1.165) is 24.5 Å². The molecule has 0 radical (unpaired) electrons. The fraction of sp³-hybridized carbons (Fsp3) is 0.656. The minimum atomic E-state index is -4.99. The SMILES string of the molecule is CC1(C)NC(=O)N(c2ccc([N+](=O)[O-])c(C(F)(F)F)c2)C1=O.C[C@]1(O)CC[C@H]2[C@@H]3CCC4=CC(=O)CC[C@]4(C)[C@@]3(F)[C@@H](O)C[C@@]21C. The number of carbonyl (C=O) groups is 3. The number of hydrogen-bond donors (Lipinski definition) is 3. The molecule has 1 saturated heterocycles. The first-order chi connectivity index (χ1) is 21.0. The van der Waals surface area contributed by atoms with Crippen molar-refractivity contribution in [2.45, 2.75) is 109 Å². The van der Waals surface area contributed by atoms with Crippen molar-refractivity contribution >= 4 is 29.1 Å². The molecule has 5 aliphatic rings. The van der Waals surface area contributed by atoms with E-state index >= 15 is 4.39 Å². The van der Waals surface area contributed by atoms with Gasteiger partial charge in [0.2, 0.25) is 0 Å². The monoisotopic (exact) mass is 653 g/mol. The number of benzene rings is 1. The maximum absolute atomic E-state index is 16.6. The van der Waals surface area contributed by atoms with Crippen molar-refractivity contribution < 1.29 is 47.1 Å². The molecule has 0 unspecified atom stereocenters. The Morgan fingerprint density at radius 1 is 1.02 bits per heavy atom. The number of fused-ring (bicyclic) bond motifs is 5. The second kappa shape index (κ2) is 10.6. The van der Waals surface area contributed by atoms with Crippen LogP contribution in [-0.4, -0.2) is 55.8 Å². The largest absolute Gasteiger partial charge is 0.423 e. The van der Waals surface area contributed by atoms with E-state index in [9.17, 15) is 47.9 Å². The number of rotatable bonds is 2. The highest BCUT2D eigenvalue weighted by atomic mass is 19.4. The first kappa shape index (κ1) is 34.0. The molecule has 0 bridgehead atoms. The van der Waals surface area contributed by atoms with Crippen LogP contribution >= 0.6 is 0 Å². The zero-order valence-corrected chi connectivity index (χ0v) is 26.3. The van der Waals surface area contributed by atoms with Crippen molar-refractivity contribution in [3.8, 4) is 0 Å². The molecule has 4 aliphatic carbocycles. The number of anilines is 1. The molecule has 14 heteroatoms. The van der Waals surface area contributed by atoms with E-state index in [1.54, 1.807) is 6.08 Å². The van der Waals surface area contributed by atoms with Crippen LogP contribution in [-0.2, 0) is 15.8 Å². The van der Waals surface area contributed by atoms with E-state index in [4.69, 9.17) is 0 Å². The van der Waals surface area contributed by atoms with E-state index in [2.05, 4.69) is 5.32 Å². The van der Waals surface area contributed by atoms with Crippen LogP contribution in [0.5, 0.6) is 0 Å². The van der Waals surface area contributed by atoms with Crippen LogP contribution in [0, 0.1) is 32.8 Å². The molecule has 7 atom stereocenters. The predicted molar refractivity (Wildman–Crippen MR) is 157 cm³/mol. The molecule has 1 aromatic rings. The number of nitrogens with one attached hydrogen (secondary N) is 1. The van der Waals surface area contributed by atoms with Crippen molar-refractivity contribution in [2.75, 3.05) is 4.90 Å². The Morgan fingerprint density at radius 2 is 1.67 bits per heavy atom. The number of halogens is 4. The number of nitrogens with zero attached hydrogens (tertiary/aromatic N) is 2. The molecule has 1 aromatic carbocycles. The molecule has 252 valence electrons. The number of carbonyl (C=O) groups excluding carboxylic acids is 3. The van der Waals surface area contributed by atoms with E-state index in [1.165, 1.54) is 13.8 Å². The quantitative estimate of drug-likeness (QED) is 0.159. The number of imide groups is 1. The molecule has 3 N–H and O–H groups in total. The standard InChI is InChI=1S/C20H29FO3.C12H10F3N3O4/c1-17-8-6-13(22)10-12(17)4-5-15-14-7-9-19(3,24)18(14,2)11-16(23)20(15,17)21;1-11(2)9(19)17(10(20)16-11)6-3-4-8(18(21)22)7(5-6)12(13,14)15/h10,14-16,23-24H,4-9,11H2,1-3H3;3-5H,1-2H3,(H,16,20)/t14-,15-,16-,17-,18-,19-,20-;/m0./s1. The van der Waals surface area contributed by atoms with Gasteiger partial charge in [0.25, 0.3) is 11.6 Å². The molecule has 0 aromatic heterocycles. The van der Waals surface area contributed by atoms with Gasteiger partial charge in [0, 0.05) is 29.2 Å². The van der Waals surface area contributed by atoms with Gasteiger partial charge in [-0.05, 0) is 83.4 Å². The lowest BCUT2D eigenvalue weighted by Gasteiger charge is -2.63. The van der Waals surface area contributed by atoms with Gasteiger partial charge >= 0.3 is 12.2 Å². The van der Waals surface area contributed by atoms with Crippen LogP contribution in [0.3, 0.4) is 0 Å². The lowest BCUT2D eigenvalue weighted by Crippen LogP contribution is -2.68. The average Bonchev–Trinajstić information content (AvgIpc) is 3.30. The van der Waals surface area contributed by atoms with Gasteiger partial charge in [-0.3, -0.25) is 19.7 Å². The van der Waals surface area contributed by atoms with Crippen LogP contribution < -0.4 is 10.2 Å². The summed E-state index contributed by atoms with van der Waals surface area (Å²) in [5.41, 5.74) is -7.16. The van der Waals surface area contributed by atoms with Crippen LogP contribution in [0.1, 0.15) is 85.1 Å². The summed E-state index contributed by atoms with van der Waals surface area (Å²) < 4.78 is 55.4. The summed E-state index contributed by atoms with van der Waals surface area (Å²) in [4.78, 5) is 45.7. The minimum Gasteiger partial charge on any atom is -0.390 e. The van der Waals surface area contributed by atoms with Crippen molar-refractivity contribution in [1.82, 2.24) is 5.32 Å². The molecule has 46 heavy (non-hydrogen) atoms. The molecule has 3 saturated carbocycles. The van der Waals surface area contributed by atoms with E-state index < -0.39 is 68.0 Å². The van der Waals surface area contributed by atoms with Gasteiger partial charge < -0.3 is 15.5 Å². The van der Waals surface area contributed by atoms with Crippen molar-refractivity contribution in [3.63, 3.8) is 0 Å². The molecule has 3 amide bonds. The summed E-state index contributed by atoms with van der Waals surface area (Å²) in [6, 6.07) is 1.06. The number of aliphatic hydroxyl groups excluding tert-OH is 1. The Balaban J connectivity index is 0.000000182. The van der Waals surface area contributed by atoms with Gasteiger partial charge in [-0.1, -0.05) is 19.4 Å². The summed E-state index contributed by atoms with van der Waals surface area (Å²) in [6.45, 7) is 8.58. The number of amides is 3. The highest BCUT2D eigenvalue weighted by Gasteiger charge is 2.72. The fourth-order valence-electron chi connectivity index (χ4n) is 8.82. The Hall–Kier alpha value is -3.39. The molecule has 0 spiro atoms. The van der Waals surface area contributed by atoms with Gasteiger partial charge in [-0.15, -0.1) is 0 Å². The highest BCUT2D eigenvalue weighted by Crippen LogP contribution is 2.70. The lowest BCUT2D eigenvalue weighted by molar-refractivity contribution is -0.388. The Bertz CT molecular complexity index is 1540. The number of hydrogen-bond acceptors (Lipinski definition) is 7. The van der Waals surface area contributed by atoms with Gasteiger partial charge in [0.1, 0.15) is 16.8 Å². The Morgan fingerprint density at radius 3 is 2.24 bits per heavy atom. The second-order valence-corrected chi connectivity index (χ2v) is 14.6. The molecule has 1 aliphatic heterocycles. The topological polar surface area (TPSA) is 150 Å².